The van der Waals surface area contributed by atoms with Crippen molar-refractivity contribution in [3.8, 4) is 5.75 Å². The number of rotatable bonds is 3. The molecular weight excluding hydrogens is 420 g/mol. The fraction of sp³-hybridized carbons (Fsp3) is 0.400. The molecular formula is C10H13I2NO2. The molecule has 84 valence electrons. The first-order valence-electron chi connectivity index (χ1n) is 4.59. The normalized spacial score (nSPS) is 15.0. The Hall–Kier alpha value is 0.400. The lowest BCUT2D eigenvalue weighted by atomic mass is 10.00. The maximum atomic E-state index is 9.83. The molecule has 1 aromatic rings. The van der Waals surface area contributed by atoms with E-state index in [1.54, 1.807) is 0 Å². The van der Waals surface area contributed by atoms with Gasteiger partial charge in [0.25, 0.3) is 0 Å². The van der Waals surface area contributed by atoms with Gasteiger partial charge in [0, 0.05) is 9.13 Å². The molecule has 2 atom stereocenters. The van der Waals surface area contributed by atoms with Gasteiger partial charge in [-0.3, -0.25) is 0 Å². The molecule has 0 amide bonds. The average molecular weight is 433 g/mol. The summed E-state index contributed by atoms with van der Waals surface area (Å²) in [6.45, 7) is 1.86. The van der Waals surface area contributed by atoms with E-state index in [2.05, 4.69) is 45.2 Å². The summed E-state index contributed by atoms with van der Waals surface area (Å²) in [4.78, 5) is 0. The second-order valence-corrected chi connectivity index (χ2v) is 5.73. The summed E-state index contributed by atoms with van der Waals surface area (Å²) < 4.78 is 1.76. The van der Waals surface area contributed by atoms with Crippen LogP contribution in [-0.2, 0) is 0 Å². The number of phenols is 1. The maximum Gasteiger partial charge on any atom is 0.133 e. The SMILES string of the molecule is CC[C@H](O)[C@H](N)c1cc(I)cc(I)c1O. The van der Waals surface area contributed by atoms with Crippen LogP contribution in [-0.4, -0.2) is 16.3 Å². The molecule has 0 aliphatic carbocycles. The summed E-state index contributed by atoms with van der Waals surface area (Å²) in [6, 6.07) is 3.14. The number of nitrogens with two attached hydrogens (primary N) is 1. The fourth-order valence-electron chi connectivity index (χ4n) is 1.30. The van der Waals surface area contributed by atoms with Gasteiger partial charge in [-0.05, 0) is 63.7 Å². The molecule has 15 heavy (non-hydrogen) atoms. The third-order valence-electron chi connectivity index (χ3n) is 2.25. The van der Waals surface area contributed by atoms with Crippen LogP contribution in [0.1, 0.15) is 24.9 Å². The van der Waals surface area contributed by atoms with Gasteiger partial charge in [0.2, 0.25) is 0 Å². The Kier molecular flexibility index (Phi) is 5.07. The van der Waals surface area contributed by atoms with Crippen molar-refractivity contribution in [2.24, 2.45) is 5.73 Å². The van der Waals surface area contributed by atoms with Crippen molar-refractivity contribution in [1.82, 2.24) is 0 Å². The minimum absolute atomic E-state index is 0.177. The predicted molar refractivity (Wildman–Crippen MR) is 76.8 cm³/mol. The Labute approximate surface area is 116 Å². The Balaban J connectivity index is 3.13. The Morgan fingerprint density at radius 3 is 2.53 bits per heavy atom. The smallest absolute Gasteiger partial charge is 0.133 e. The van der Waals surface area contributed by atoms with Crippen LogP contribution < -0.4 is 5.73 Å². The number of hydrogen-bond donors (Lipinski definition) is 3. The summed E-state index contributed by atoms with van der Waals surface area (Å²) in [5.41, 5.74) is 6.48. The van der Waals surface area contributed by atoms with Crippen LogP contribution >= 0.6 is 45.2 Å². The lowest BCUT2D eigenvalue weighted by molar-refractivity contribution is 0.139. The van der Waals surface area contributed by atoms with Crippen molar-refractivity contribution < 1.29 is 10.2 Å². The molecule has 0 saturated heterocycles. The van der Waals surface area contributed by atoms with E-state index in [0.29, 0.717) is 12.0 Å². The molecule has 1 aromatic carbocycles. The van der Waals surface area contributed by atoms with Crippen molar-refractivity contribution >= 4 is 45.2 Å². The maximum absolute atomic E-state index is 9.83. The Morgan fingerprint density at radius 1 is 1.40 bits per heavy atom. The quantitative estimate of drug-likeness (QED) is 0.642. The predicted octanol–water partition coefficient (Wildman–Crippen LogP) is 2.37. The highest BCUT2D eigenvalue weighted by Gasteiger charge is 2.20. The van der Waals surface area contributed by atoms with Crippen LogP contribution in [0, 0.1) is 7.14 Å². The molecule has 1 rings (SSSR count). The van der Waals surface area contributed by atoms with Crippen LogP contribution in [0.25, 0.3) is 0 Å². The van der Waals surface area contributed by atoms with Crippen molar-refractivity contribution in [1.29, 1.82) is 0 Å². The van der Waals surface area contributed by atoms with E-state index >= 15 is 0 Å². The van der Waals surface area contributed by atoms with E-state index in [1.165, 1.54) is 0 Å². The van der Waals surface area contributed by atoms with E-state index in [9.17, 15) is 10.2 Å². The molecule has 0 spiro atoms. The van der Waals surface area contributed by atoms with E-state index in [4.69, 9.17) is 5.73 Å². The molecule has 5 heteroatoms. The number of aromatic hydroxyl groups is 1. The molecule has 0 radical (unpaired) electrons. The van der Waals surface area contributed by atoms with E-state index in [1.807, 2.05) is 19.1 Å². The van der Waals surface area contributed by atoms with Crippen LogP contribution in [0.5, 0.6) is 5.75 Å². The Morgan fingerprint density at radius 2 is 2.00 bits per heavy atom. The third-order valence-corrected chi connectivity index (χ3v) is 3.69. The summed E-state index contributed by atoms with van der Waals surface area (Å²) in [5, 5.41) is 19.5. The van der Waals surface area contributed by atoms with Crippen LogP contribution in [0.15, 0.2) is 12.1 Å². The first kappa shape index (κ1) is 13.5. The summed E-state index contributed by atoms with van der Waals surface area (Å²) in [7, 11) is 0. The van der Waals surface area contributed by atoms with Crippen LogP contribution in [0.2, 0.25) is 0 Å². The van der Waals surface area contributed by atoms with Gasteiger partial charge in [-0.2, -0.15) is 0 Å². The van der Waals surface area contributed by atoms with E-state index < -0.39 is 12.1 Å². The van der Waals surface area contributed by atoms with Crippen LogP contribution in [0.3, 0.4) is 0 Å². The van der Waals surface area contributed by atoms with Gasteiger partial charge < -0.3 is 15.9 Å². The molecule has 4 N–H and O–H groups in total. The molecule has 0 bridgehead atoms. The molecule has 0 aliphatic rings. The van der Waals surface area contributed by atoms with Gasteiger partial charge in [-0.15, -0.1) is 0 Å². The Bertz CT molecular complexity index is 358. The van der Waals surface area contributed by atoms with Crippen LogP contribution in [0.4, 0.5) is 0 Å². The summed E-state index contributed by atoms with van der Waals surface area (Å²) >= 11 is 4.22. The second-order valence-electron chi connectivity index (χ2n) is 3.33. The van der Waals surface area contributed by atoms with Crippen molar-refractivity contribution in [3.63, 3.8) is 0 Å². The van der Waals surface area contributed by atoms with Gasteiger partial charge in [0.15, 0.2) is 0 Å². The molecule has 0 fully saturated rings. The van der Waals surface area contributed by atoms with Gasteiger partial charge in [0.1, 0.15) is 5.75 Å². The fourth-order valence-corrected chi connectivity index (χ4v) is 3.19. The highest BCUT2D eigenvalue weighted by molar-refractivity contribution is 14.1. The zero-order valence-electron chi connectivity index (χ0n) is 8.24. The standard InChI is InChI=1S/C10H13I2NO2/c1-2-8(14)9(13)6-3-5(11)4-7(12)10(6)15/h3-4,8-9,14-15H,2,13H2,1H3/t8-,9+/m0/s1. The molecule has 3 nitrogen and oxygen atoms in total. The number of hydrogen-bond acceptors (Lipinski definition) is 3. The zero-order valence-corrected chi connectivity index (χ0v) is 12.6. The topological polar surface area (TPSA) is 66.5 Å². The monoisotopic (exact) mass is 433 g/mol. The van der Waals surface area contributed by atoms with E-state index in [-0.39, 0.29) is 5.75 Å². The minimum atomic E-state index is -0.620. The molecule has 0 saturated carbocycles. The number of benzene rings is 1. The molecule has 0 aliphatic heterocycles. The highest BCUT2D eigenvalue weighted by atomic mass is 127. The molecule has 0 unspecified atom stereocenters. The van der Waals surface area contributed by atoms with Gasteiger partial charge in [-0.25, -0.2) is 0 Å². The van der Waals surface area contributed by atoms with Crippen molar-refractivity contribution in [2.75, 3.05) is 0 Å². The van der Waals surface area contributed by atoms with Gasteiger partial charge >= 0.3 is 0 Å². The van der Waals surface area contributed by atoms with Gasteiger partial charge in [0.05, 0.1) is 15.7 Å². The lowest BCUT2D eigenvalue weighted by Gasteiger charge is -2.19. The molecule has 0 heterocycles. The first-order chi connectivity index (χ1) is 6.97. The number of halogens is 2. The number of aliphatic hydroxyl groups is 1. The van der Waals surface area contributed by atoms with Crippen molar-refractivity contribution in [3.05, 3.63) is 24.8 Å². The van der Waals surface area contributed by atoms with Gasteiger partial charge in [-0.1, -0.05) is 6.92 Å². The minimum Gasteiger partial charge on any atom is -0.506 e. The molecule has 0 aromatic heterocycles. The second kappa shape index (κ2) is 5.65. The third kappa shape index (κ3) is 3.18. The first-order valence-corrected chi connectivity index (χ1v) is 6.74. The van der Waals surface area contributed by atoms with Crippen molar-refractivity contribution in [2.45, 2.75) is 25.5 Å². The summed E-state index contributed by atoms with van der Waals surface area (Å²) in [6.07, 6.45) is -0.0484. The number of aliphatic hydroxyl groups excluding tert-OH is 1. The largest absolute Gasteiger partial charge is 0.506 e. The number of phenolic OH excluding ortho intramolecular Hbond substituents is 1. The summed E-state index contributed by atoms with van der Waals surface area (Å²) in [5.74, 6) is 0.177. The van der Waals surface area contributed by atoms with E-state index in [0.717, 1.165) is 7.14 Å². The lowest BCUT2D eigenvalue weighted by Crippen LogP contribution is -2.25. The average Bonchev–Trinajstić information content (AvgIpc) is 2.21. The highest BCUT2D eigenvalue weighted by Crippen LogP contribution is 2.32. The zero-order chi connectivity index (χ0) is 11.6.